The van der Waals surface area contributed by atoms with Crippen molar-refractivity contribution in [1.29, 1.82) is 5.26 Å². The lowest BCUT2D eigenvalue weighted by molar-refractivity contribution is -0.133. The van der Waals surface area contributed by atoms with Gasteiger partial charge in [-0.15, -0.1) is 0 Å². The number of methoxy groups -OCH3 is 1. The Morgan fingerprint density at radius 1 is 1.53 bits per heavy atom. The lowest BCUT2D eigenvalue weighted by Crippen LogP contribution is -2.38. The van der Waals surface area contributed by atoms with Crippen molar-refractivity contribution < 1.29 is 9.53 Å². The van der Waals surface area contributed by atoms with E-state index in [2.05, 4.69) is 5.32 Å². The Labute approximate surface area is 105 Å². The van der Waals surface area contributed by atoms with E-state index >= 15 is 0 Å². The quantitative estimate of drug-likeness (QED) is 0.899. The standard InChI is InChI=1S/C12H13ClN2O2/c1-12(2,17-3)11(16)15-9-4-5-10(13)8(6-9)7-14/h4-6H,1-3H3,(H,15,16). The number of hydrogen-bond acceptors (Lipinski definition) is 3. The van der Waals surface area contributed by atoms with Gasteiger partial charge >= 0.3 is 0 Å². The molecule has 0 aliphatic rings. The smallest absolute Gasteiger partial charge is 0.256 e. The van der Waals surface area contributed by atoms with Crippen LogP contribution in [0.1, 0.15) is 19.4 Å². The molecule has 0 unspecified atom stereocenters. The van der Waals surface area contributed by atoms with Gasteiger partial charge in [0.1, 0.15) is 11.7 Å². The molecule has 0 aromatic heterocycles. The summed E-state index contributed by atoms with van der Waals surface area (Å²) in [7, 11) is 1.46. The minimum atomic E-state index is -0.924. The molecule has 1 aromatic carbocycles. The van der Waals surface area contributed by atoms with E-state index in [4.69, 9.17) is 21.6 Å². The highest BCUT2D eigenvalue weighted by atomic mass is 35.5. The van der Waals surface area contributed by atoms with Gasteiger partial charge in [0.15, 0.2) is 0 Å². The molecule has 17 heavy (non-hydrogen) atoms. The van der Waals surface area contributed by atoms with E-state index in [1.807, 2.05) is 6.07 Å². The van der Waals surface area contributed by atoms with E-state index in [1.54, 1.807) is 26.0 Å². The van der Waals surface area contributed by atoms with Gasteiger partial charge in [0.25, 0.3) is 5.91 Å². The van der Waals surface area contributed by atoms with Crippen LogP contribution in [0.3, 0.4) is 0 Å². The first-order valence-electron chi connectivity index (χ1n) is 4.97. The van der Waals surface area contributed by atoms with E-state index < -0.39 is 5.60 Å². The fourth-order valence-electron chi connectivity index (χ4n) is 1.06. The molecule has 0 radical (unpaired) electrons. The van der Waals surface area contributed by atoms with Gasteiger partial charge < -0.3 is 10.1 Å². The fraction of sp³-hybridized carbons (Fsp3) is 0.333. The zero-order chi connectivity index (χ0) is 13.1. The number of amides is 1. The normalized spacial score (nSPS) is 10.8. The molecular formula is C12H13ClN2O2. The van der Waals surface area contributed by atoms with E-state index in [1.165, 1.54) is 13.2 Å². The maximum atomic E-state index is 11.8. The number of anilines is 1. The number of nitriles is 1. The molecule has 0 aliphatic carbocycles. The second-order valence-electron chi connectivity index (χ2n) is 3.97. The van der Waals surface area contributed by atoms with Gasteiger partial charge in [-0.1, -0.05) is 11.6 Å². The summed E-state index contributed by atoms with van der Waals surface area (Å²) in [5, 5.41) is 11.8. The van der Waals surface area contributed by atoms with E-state index in [0.717, 1.165) is 0 Å². The van der Waals surface area contributed by atoms with Crippen LogP contribution < -0.4 is 5.32 Å². The summed E-state index contributed by atoms with van der Waals surface area (Å²) in [6.07, 6.45) is 0. The first-order chi connectivity index (χ1) is 7.90. The Morgan fingerprint density at radius 3 is 2.71 bits per heavy atom. The summed E-state index contributed by atoms with van der Waals surface area (Å²) < 4.78 is 5.05. The van der Waals surface area contributed by atoms with Crippen molar-refractivity contribution in [3.8, 4) is 6.07 Å². The van der Waals surface area contributed by atoms with Crippen molar-refractivity contribution in [3.05, 3.63) is 28.8 Å². The van der Waals surface area contributed by atoms with Gasteiger partial charge in [0.2, 0.25) is 0 Å². The summed E-state index contributed by atoms with van der Waals surface area (Å²) in [4.78, 5) is 11.8. The zero-order valence-electron chi connectivity index (χ0n) is 9.87. The van der Waals surface area contributed by atoms with Crippen LogP contribution in [-0.4, -0.2) is 18.6 Å². The minimum Gasteiger partial charge on any atom is -0.369 e. The number of benzene rings is 1. The van der Waals surface area contributed by atoms with Gasteiger partial charge in [-0.25, -0.2) is 0 Å². The maximum Gasteiger partial charge on any atom is 0.256 e. The average Bonchev–Trinajstić information content (AvgIpc) is 2.31. The number of ether oxygens (including phenoxy) is 1. The van der Waals surface area contributed by atoms with Crippen LogP contribution in [0, 0.1) is 11.3 Å². The summed E-state index contributed by atoms with van der Waals surface area (Å²) in [6.45, 7) is 3.31. The monoisotopic (exact) mass is 252 g/mol. The molecule has 0 saturated carbocycles. The summed E-state index contributed by atoms with van der Waals surface area (Å²) >= 11 is 5.79. The number of carbonyl (C=O) groups is 1. The lowest BCUT2D eigenvalue weighted by atomic mass is 10.1. The van der Waals surface area contributed by atoms with Crippen LogP contribution in [0.25, 0.3) is 0 Å². The summed E-state index contributed by atoms with van der Waals surface area (Å²) in [5.41, 5.74) is -0.0901. The van der Waals surface area contributed by atoms with Crippen LogP contribution in [0.2, 0.25) is 5.02 Å². The van der Waals surface area contributed by atoms with Gasteiger partial charge in [-0.2, -0.15) is 5.26 Å². The molecule has 0 heterocycles. The number of nitrogens with zero attached hydrogens (tertiary/aromatic N) is 1. The molecule has 0 spiro atoms. The Bertz CT molecular complexity index is 478. The Hall–Kier alpha value is -1.57. The zero-order valence-corrected chi connectivity index (χ0v) is 10.6. The van der Waals surface area contributed by atoms with Crippen LogP contribution in [0.15, 0.2) is 18.2 Å². The molecule has 0 atom stereocenters. The van der Waals surface area contributed by atoms with E-state index in [9.17, 15) is 4.79 Å². The number of halogens is 1. The number of hydrogen-bond donors (Lipinski definition) is 1. The minimum absolute atomic E-state index is 0.286. The Balaban J connectivity index is 2.91. The van der Waals surface area contributed by atoms with Gasteiger partial charge in [-0.3, -0.25) is 4.79 Å². The molecule has 0 saturated heterocycles. The average molecular weight is 253 g/mol. The first-order valence-corrected chi connectivity index (χ1v) is 5.35. The third-order valence-electron chi connectivity index (χ3n) is 2.40. The summed E-state index contributed by atoms with van der Waals surface area (Å²) in [6, 6.07) is 6.66. The molecular weight excluding hydrogens is 240 g/mol. The highest BCUT2D eigenvalue weighted by molar-refractivity contribution is 6.31. The van der Waals surface area contributed by atoms with Crippen LogP contribution in [0.4, 0.5) is 5.69 Å². The van der Waals surface area contributed by atoms with Crippen molar-refractivity contribution in [2.45, 2.75) is 19.4 Å². The van der Waals surface area contributed by atoms with Crippen LogP contribution >= 0.6 is 11.6 Å². The van der Waals surface area contributed by atoms with Gasteiger partial charge in [0.05, 0.1) is 10.6 Å². The van der Waals surface area contributed by atoms with Crippen molar-refractivity contribution >= 4 is 23.2 Å². The fourth-order valence-corrected chi connectivity index (χ4v) is 1.22. The molecule has 0 bridgehead atoms. The lowest BCUT2D eigenvalue weighted by Gasteiger charge is -2.21. The third kappa shape index (κ3) is 3.19. The highest BCUT2D eigenvalue weighted by Crippen LogP contribution is 2.21. The third-order valence-corrected chi connectivity index (χ3v) is 2.73. The van der Waals surface area contributed by atoms with Crippen molar-refractivity contribution in [3.63, 3.8) is 0 Å². The van der Waals surface area contributed by atoms with Crippen molar-refractivity contribution in [2.75, 3.05) is 12.4 Å². The molecule has 4 nitrogen and oxygen atoms in total. The molecule has 1 aromatic rings. The molecule has 0 fully saturated rings. The van der Waals surface area contributed by atoms with Crippen LogP contribution in [-0.2, 0) is 9.53 Å². The molecule has 1 amide bonds. The maximum absolute atomic E-state index is 11.8. The molecule has 5 heteroatoms. The molecule has 0 aliphatic heterocycles. The van der Waals surface area contributed by atoms with Gasteiger partial charge in [0, 0.05) is 12.8 Å². The van der Waals surface area contributed by atoms with Crippen molar-refractivity contribution in [1.82, 2.24) is 0 Å². The van der Waals surface area contributed by atoms with E-state index in [-0.39, 0.29) is 5.91 Å². The Morgan fingerprint density at radius 2 is 2.18 bits per heavy atom. The van der Waals surface area contributed by atoms with Crippen LogP contribution in [0.5, 0.6) is 0 Å². The topological polar surface area (TPSA) is 62.1 Å². The molecule has 90 valence electrons. The van der Waals surface area contributed by atoms with E-state index in [0.29, 0.717) is 16.3 Å². The largest absolute Gasteiger partial charge is 0.369 e. The molecule has 1 rings (SSSR count). The second-order valence-corrected chi connectivity index (χ2v) is 4.38. The summed E-state index contributed by atoms with van der Waals surface area (Å²) in [5.74, 6) is -0.286. The predicted molar refractivity (Wildman–Crippen MR) is 65.9 cm³/mol. The highest BCUT2D eigenvalue weighted by Gasteiger charge is 2.26. The predicted octanol–water partition coefficient (Wildman–Crippen LogP) is 2.58. The van der Waals surface area contributed by atoms with Gasteiger partial charge in [-0.05, 0) is 32.0 Å². The number of nitrogens with one attached hydrogen (secondary N) is 1. The number of carbonyl (C=O) groups excluding carboxylic acids is 1. The SMILES string of the molecule is COC(C)(C)C(=O)Nc1ccc(Cl)c(C#N)c1. The second kappa shape index (κ2) is 5.17. The Kier molecular flexibility index (Phi) is 4.11. The molecule has 1 N–H and O–H groups in total. The number of rotatable bonds is 3. The van der Waals surface area contributed by atoms with Crippen molar-refractivity contribution in [2.24, 2.45) is 0 Å². The first kappa shape index (κ1) is 13.5.